The number of hydrogen-bond acceptors (Lipinski definition) is 4. The summed E-state index contributed by atoms with van der Waals surface area (Å²) in [5, 5.41) is 0. The first-order valence-electron chi connectivity index (χ1n) is 7.00. The van der Waals surface area contributed by atoms with E-state index in [0.29, 0.717) is 12.5 Å². The normalized spacial score (nSPS) is 20.2. The Hall–Kier alpha value is -1.72. The molecule has 2 atom stereocenters. The van der Waals surface area contributed by atoms with Crippen LogP contribution >= 0.6 is 0 Å². The molecule has 0 saturated carbocycles. The van der Waals surface area contributed by atoms with Gasteiger partial charge in [-0.3, -0.25) is 4.98 Å². The SMILES string of the molecule is Cc1cccc(Cn2cncc2C(N)C2CCOC2)n1. The highest BCUT2D eigenvalue weighted by atomic mass is 16.5. The molecule has 5 heteroatoms. The van der Waals surface area contributed by atoms with Gasteiger partial charge in [-0.1, -0.05) is 6.07 Å². The summed E-state index contributed by atoms with van der Waals surface area (Å²) in [6.07, 6.45) is 4.71. The second kappa shape index (κ2) is 5.73. The van der Waals surface area contributed by atoms with Crippen LogP contribution in [0.3, 0.4) is 0 Å². The van der Waals surface area contributed by atoms with Crippen LogP contribution in [0.5, 0.6) is 0 Å². The lowest BCUT2D eigenvalue weighted by molar-refractivity contribution is 0.180. The number of rotatable bonds is 4. The van der Waals surface area contributed by atoms with Crippen LogP contribution in [0, 0.1) is 12.8 Å². The van der Waals surface area contributed by atoms with Crippen LogP contribution in [0.4, 0.5) is 0 Å². The van der Waals surface area contributed by atoms with Crippen molar-refractivity contribution >= 4 is 0 Å². The molecule has 1 fully saturated rings. The van der Waals surface area contributed by atoms with Crippen LogP contribution < -0.4 is 5.73 Å². The molecule has 2 unspecified atom stereocenters. The highest BCUT2D eigenvalue weighted by Crippen LogP contribution is 2.26. The van der Waals surface area contributed by atoms with E-state index in [4.69, 9.17) is 10.5 Å². The Kier molecular flexibility index (Phi) is 3.80. The maximum atomic E-state index is 6.37. The smallest absolute Gasteiger partial charge is 0.0952 e. The third-order valence-electron chi connectivity index (χ3n) is 3.84. The van der Waals surface area contributed by atoms with Crippen molar-refractivity contribution in [2.24, 2.45) is 11.7 Å². The van der Waals surface area contributed by atoms with Gasteiger partial charge in [-0.15, -0.1) is 0 Å². The van der Waals surface area contributed by atoms with Crippen molar-refractivity contribution in [3.63, 3.8) is 0 Å². The maximum absolute atomic E-state index is 6.37. The van der Waals surface area contributed by atoms with Crippen molar-refractivity contribution in [2.45, 2.75) is 25.9 Å². The van der Waals surface area contributed by atoms with Crippen LogP contribution in [-0.4, -0.2) is 27.7 Å². The summed E-state index contributed by atoms with van der Waals surface area (Å²) in [4.78, 5) is 8.78. The Balaban J connectivity index is 1.79. The molecule has 0 aromatic carbocycles. The molecule has 3 rings (SSSR count). The van der Waals surface area contributed by atoms with E-state index in [9.17, 15) is 0 Å². The van der Waals surface area contributed by atoms with Gasteiger partial charge in [0.1, 0.15) is 0 Å². The second-order valence-electron chi connectivity index (χ2n) is 5.37. The maximum Gasteiger partial charge on any atom is 0.0952 e. The number of aromatic nitrogens is 3. The minimum absolute atomic E-state index is 0.0233. The lowest BCUT2D eigenvalue weighted by Crippen LogP contribution is -2.24. The number of aryl methyl sites for hydroxylation is 1. The van der Waals surface area contributed by atoms with E-state index < -0.39 is 0 Å². The van der Waals surface area contributed by atoms with Crippen LogP contribution in [0.2, 0.25) is 0 Å². The van der Waals surface area contributed by atoms with Gasteiger partial charge in [-0.25, -0.2) is 4.98 Å². The minimum atomic E-state index is -0.0233. The van der Waals surface area contributed by atoms with Crippen LogP contribution in [0.15, 0.2) is 30.7 Å². The van der Waals surface area contributed by atoms with E-state index >= 15 is 0 Å². The quantitative estimate of drug-likeness (QED) is 0.919. The van der Waals surface area contributed by atoms with Gasteiger partial charge in [0.25, 0.3) is 0 Å². The first kappa shape index (κ1) is 13.3. The first-order chi connectivity index (χ1) is 9.74. The van der Waals surface area contributed by atoms with Gasteiger partial charge in [0.05, 0.1) is 36.9 Å². The lowest BCUT2D eigenvalue weighted by Gasteiger charge is -2.19. The van der Waals surface area contributed by atoms with Crippen LogP contribution in [0.25, 0.3) is 0 Å². The number of imidazole rings is 1. The number of hydrogen-bond donors (Lipinski definition) is 1. The molecule has 2 aromatic heterocycles. The highest BCUT2D eigenvalue weighted by Gasteiger charge is 2.26. The zero-order valence-electron chi connectivity index (χ0n) is 11.7. The predicted molar refractivity (Wildman–Crippen MR) is 76.2 cm³/mol. The molecule has 1 aliphatic heterocycles. The van der Waals surface area contributed by atoms with Gasteiger partial charge in [-0.05, 0) is 25.5 Å². The van der Waals surface area contributed by atoms with Gasteiger partial charge < -0.3 is 15.0 Å². The molecule has 1 aliphatic rings. The van der Waals surface area contributed by atoms with Crippen LogP contribution in [0.1, 0.15) is 29.5 Å². The number of nitrogens with zero attached hydrogens (tertiary/aromatic N) is 3. The third kappa shape index (κ3) is 2.73. The molecular weight excluding hydrogens is 252 g/mol. The lowest BCUT2D eigenvalue weighted by atomic mass is 9.97. The predicted octanol–water partition coefficient (Wildman–Crippen LogP) is 1.67. The van der Waals surface area contributed by atoms with Gasteiger partial charge in [0.2, 0.25) is 0 Å². The second-order valence-corrected chi connectivity index (χ2v) is 5.37. The van der Waals surface area contributed by atoms with Crippen molar-refractivity contribution in [2.75, 3.05) is 13.2 Å². The molecule has 0 amide bonds. The van der Waals surface area contributed by atoms with Crippen molar-refractivity contribution in [1.29, 1.82) is 0 Å². The number of ether oxygens (including phenoxy) is 1. The number of nitrogens with two attached hydrogens (primary N) is 1. The summed E-state index contributed by atoms with van der Waals surface area (Å²) in [7, 11) is 0. The van der Waals surface area contributed by atoms with E-state index in [1.54, 1.807) is 0 Å². The van der Waals surface area contributed by atoms with Crippen molar-refractivity contribution < 1.29 is 4.74 Å². The summed E-state index contributed by atoms with van der Waals surface area (Å²) >= 11 is 0. The van der Waals surface area contributed by atoms with E-state index in [2.05, 4.69) is 14.5 Å². The highest BCUT2D eigenvalue weighted by molar-refractivity contribution is 5.13. The van der Waals surface area contributed by atoms with Gasteiger partial charge >= 0.3 is 0 Å². The molecule has 3 heterocycles. The van der Waals surface area contributed by atoms with Gasteiger partial charge in [0.15, 0.2) is 0 Å². The average Bonchev–Trinajstić information content (AvgIpc) is 3.09. The Labute approximate surface area is 118 Å². The topological polar surface area (TPSA) is 66.0 Å². The van der Waals surface area contributed by atoms with Crippen molar-refractivity contribution in [3.05, 3.63) is 47.8 Å². The molecule has 0 aliphatic carbocycles. The summed E-state index contributed by atoms with van der Waals surface area (Å²) in [6.45, 7) is 4.26. The molecule has 1 saturated heterocycles. The fraction of sp³-hybridized carbons (Fsp3) is 0.467. The van der Waals surface area contributed by atoms with E-state index in [1.165, 1.54) is 0 Å². The van der Waals surface area contributed by atoms with Crippen LogP contribution in [-0.2, 0) is 11.3 Å². The van der Waals surface area contributed by atoms with E-state index in [0.717, 1.165) is 36.7 Å². The molecule has 106 valence electrons. The molecule has 2 aromatic rings. The van der Waals surface area contributed by atoms with Gasteiger partial charge in [-0.2, -0.15) is 0 Å². The summed E-state index contributed by atoms with van der Waals surface area (Å²) < 4.78 is 7.52. The largest absolute Gasteiger partial charge is 0.381 e. The van der Waals surface area contributed by atoms with E-state index in [1.807, 2.05) is 37.6 Å². The Morgan fingerprint density at radius 3 is 3.15 bits per heavy atom. The summed E-state index contributed by atoms with van der Waals surface area (Å²) in [5.74, 6) is 0.385. The first-order valence-corrected chi connectivity index (χ1v) is 7.00. The molecule has 20 heavy (non-hydrogen) atoms. The Bertz CT molecular complexity index is 575. The fourth-order valence-corrected chi connectivity index (χ4v) is 2.68. The summed E-state index contributed by atoms with van der Waals surface area (Å²) in [5.41, 5.74) is 9.48. The monoisotopic (exact) mass is 272 g/mol. The minimum Gasteiger partial charge on any atom is -0.381 e. The molecule has 0 bridgehead atoms. The molecule has 5 nitrogen and oxygen atoms in total. The molecular formula is C15H20N4O. The number of pyridine rings is 1. The average molecular weight is 272 g/mol. The summed E-state index contributed by atoms with van der Waals surface area (Å²) in [6, 6.07) is 6.03. The van der Waals surface area contributed by atoms with Crippen molar-refractivity contribution in [1.82, 2.24) is 14.5 Å². The third-order valence-corrected chi connectivity index (χ3v) is 3.84. The van der Waals surface area contributed by atoms with E-state index in [-0.39, 0.29) is 6.04 Å². The Morgan fingerprint density at radius 2 is 2.40 bits per heavy atom. The van der Waals surface area contributed by atoms with Crippen molar-refractivity contribution in [3.8, 4) is 0 Å². The molecule has 0 radical (unpaired) electrons. The molecule has 0 spiro atoms. The Morgan fingerprint density at radius 1 is 1.50 bits per heavy atom. The standard InChI is InChI=1S/C15H20N4O/c1-11-3-2-4-13(18-11)8-19-10-17-7-14(19)15(16)12-5-6-20-9-12/h2-4,7,10,12,15H,5-6,8-9,16H2,1H3. The zero-order valence-corrected chi connectivity index (χ0v) is 11.7. The molecule has 2 N–H and O–H groups in total. The zero-order chi connectivity index (χ0) is 13.9. The fourth-order valence-electron chi connectivity index (χ4n) is 2.68. The van der Waals surface area contributed by atoms with Gasteiger partial charge in [0, 0.05) is 24.4 Å².